The minimum Gasteiger partial charge on any atom is -0.0654 e. The molecular formula is C21H44. The maximum absolute atomic E-state index is 2.33. The van der Waals surface area contributed by atoms with Gasteiger partial charge in [0.15, 0.2) is 0 Å². The van der Waals surface area contributed by atoms with Gasteiger partial charge >= 0.3 is 0 Å². The molecule has 0 heteroatoms. The molecule has 0 saturated heterocycles. The summed E-state index contributed by atoms with van der Waals surface area (Å²) in [4.78, 5) is 0. The Labute approximate surface area is 136 Å². The fourth-order valence-corrected chi connectivity index (χ4v) is 3.37. The van der Waals surface area contributed by atoms with Crippen LogP contribution in [-0.2, 0) is 0 Å². The largest absolute Gasteiger partial charge is 0.0654 e. The van der Waals surface area contributed by atoms with Crippen LogP contribution in [0.15, 0.2) is 0 Å². The van der Waals surface area contributed by atoms with Crippen molar-refractivity contribution in [2.45, 2.75) is 130 Å². The van der Waals surface area contributed by atoms with Gasteiger partial charge < -0.3 is 0 Å². The van der Waals surface area contributed by atoms with Gasteiger partial charge in [-0.25, -0.2) is 0 Å². The quantitative estimate of drug-likeness (QED) is 0.237. The summed E-state index contributed by atoms with van der Waals surface area (Å²) >= 11 is 0. The van der Waals surface area contributed by atoms with Crippen LogP contribution in [0.3, 0.4) is 0 Å². The highest BCUT2D eigenvalue weighted by Gasteiger charge is 2.08. The molecule has 0 N–H and O–H groups in total. The van der Waals surface area contributed by atoms with Gasteiger partial charge in [0.2, 0.25) is 0 Å². The van der Waals surface area contributed by atoms with E-state index in [0.717, 1.165) is 5.92 Å². The lowest BCUT2D eigenvalue weighted by atomic mass is 9.90. The molecule has 0 rings (SSSR count). The van der Waals surface area contributed by atoms with E-state index in [2.05, 4.69) is 20.8 Å². The van der Waals surface area contributed by atoms with Gasteiger partial charge in [-0.05, 0) is 5.92 Å². The number of hydrogen-bond acceptors (Lipinski definition) is 0. The van der Waals surface area contributed by atoms with Crippen LogP contribution in [-0.4, -0.2) is 0 Å². The molecule has 0 amide bonds. The number of hydrogen-bond donors (Lipinski definition) is 0. The van der Waals surface area contributed by atoms with Crippen molar-refractivity contribution < 1.29 is 0 Å². The van der Waals surface area contributed by atoms with Crippen molar-refractivity contribution in [3.8, 4) is 0 Å². The van der Waals surface area contributed by atoms with E-state index < -0.39 is 0 Å². The van der Waals surface area contributed by atoms with Crippen LogP contribution < -0.4 is 0 Å². The normalized spacial score (nSPS) is 12.7. The molecule has 128 valence electrons. The zero-order valence-corrected chi connectivity index (χ0v) is 15.6. The van der Waals surface area contributed by atoms with Crippen molar-refractivity contribution in [2.75, 3.05) is 0 Å². The van der Waals surface area contributed by atoms with Crippen molar-refractivity contribution >= 4 is 0 Å². The van der Waals surface area contributed by atoms with E-state index in [0.29, 0.717) is 0 Å². The first-order valence-electron chi connectivity index (χ1n) is 10.3. The summed E-state index contributed by atoms with van der Waals surface area (Å²) in [6, 6.07) is 0. The highest BCUT2D eigenvalue weighted by atomic mass is 14.1. The summed E-state index contributed by atoms with van der Waals surface area (Å²) in [6.07, 6.45) is 24.8. The topological polar surface area (TPSA) is 0 Å². The van der Waals surface area contributed by atoms with Crippen molar-refractivity contribution in [3.05, 3.63) is 0 Å². The third-order valence-electron chi connectivity index (χ3n) is 4.90. The molecule has 0 aliphatic heterocycles. The smallest absolute Gasteiger partial charge is 0.0414 e. The lowest BCUT2D eigenvalue weighted by Gasteiger charge is -2.16. The van der Waals surface area contributed by atoms with E-state index in [9.17, 15) is 0 Å². The maximum Gasteiger partial charge on any atom is -0.0414 e. The summed E-state index contributed by atoms with van der Waals surface area (Å²) in [5.74, 6) is 1.05. The minimum atomic E-state index is 1.05. The van der Waals surface area contributed by atoms with Gasteiger partial charge in [0.25, 0.3) is 0 Å². The second-order valence-corrected chi connectivity index (χ2v) is 7.12. The van der Waals surface area contributed by atoms with Crippen molar-refractivity contribution in [3.63, 3.8) is 0 Å². The summed E-state index contributed by atoms with van der Waals surface area (Å²) in [5.41, 5.74) is 0. The molecule has 0 aromatic rings. The van der Waals surface area contributed by atoms with Crippen molar-refractivity contribution in [1.82, 2.24) is 0 Å². The Balaban J connectivity index is 3.61. The Kier molecular flexibility index (Phi) is 18.1. The Hall–Kier alpha value is 0. The third kappa shape index (κ3) is 16.2. The van der Waals surface area contributed by atoms with Crippen LogP contribution in [0.5, 0.6) is 0 Å². The van der Waals surface area contributed by atoms with E-state index >= 15 is 0 Å². The lowest BCUT2D eigenvalue weighted by molar-refractivity contribution is 0.368. The Morgan fingerprint density at radius 3 is 1.14 bits per heavy atom. The fraction of sp³-hybridized carbons (Fsp3) is 1.00. The lowest BCUT2D eigenvalue weighted by Crippen LogP contribution is -2.01. The molecule has 1 unspecified atom stereocenters. The van der Waals surface area contributed by atoms with E-state index in [1.54, 1.807) is 0 Å². The van der Waals surface area contributed by atoms with Gasteiger partial charge in [-0.2, -0.15) is 0 Å². The van der Waals surface area contributed by atoms with Gasteiger partial charge in [-0.15, -0.1) is 0 Å². The molecule has 0 spiro atoms. The first kappa shape index (κ1) is 21.0. The Bertz CT molecular complexity index is 173. The summed E-state index contributed by atoms with van der Waals surface area (Å²) in [7, 11) is 0. The molecule has 0 aliphatic carbocycles. The molecule has 0 radical (unpaired) electrons. The molecule has 1 atom stereocenters. The molecule has 0 bridgehead atoms. The average molecular weight is 297 g/mol. The van der Waals surface area contributed by atoms with Crippen LogP contribution in [0.1, 0.15) is 130 Å². The van der Waals surface area contributed by atoms with Gasteiger partial charge in [0, 0.05) is 0 Å². The summed E-state index contributed by atoms with van der Waals surface area (Å²) in [5, 5.41) is 0. The highest BCUT2D eigenvalue weighted by molar-refractivity contribution is 4.61. The molecular weight excluding hydrogens is 252 g/mol. The monoisotopic (exact) mass is 296 g/mol. The van der Waals surface area contributed by atoms with Gasteiger partial charge in [-0.3, -0.25) is 0 Å². The first-order valence-corrected chi connectivity index (χ1v) is 10.3. The van der Waals surface area contributed by atoms with E-state index in [-0.39, 0.29) is 0 Å². The molecule has 0 saturated carbocycles. The molecule has 0 aliphatic rings. The molecule has 0 fully saturated rings. The number of rotatable bonds is 17. The van der Waals surface area contributed by atoms with Crippen molar-refractivity contribution in [1.29, 1.82) is 0 Å². The average Bonchev–Trinajstić information content (AvgIpc) is 2.50. The second kappa shape index (κ2) is 18.1. The second-order valence-electron chi connectivity index (χ2n) is 7.12. The highest BCUT2D eigenvalue weighted by Crippen LogP contribution is 2.24. The van der Waals surface area contributed by atoms with Gasteiger partial charge in [-0.1, -0.05) is 130 Å². The van der Waals surface area contributed by atoms with Crippen LogP contribution in [0.4, 0.5) is 0 Å². The SMILES string of the molecule is CCCCCCCCCC(CCCCC)CCCCCC. The number of unbranched alkanes of at least 4 members (excludes halogenated alkanes) is 11. The van der Waals surface area contributed by atoms with Crippen molar-refractivity contribution in [2.24, 2.45) is 5.92 Å². The van der Waals surface area contributed by atoms with Crippen LogP contribution in [0, 0.1) is 5.92 Å². The maximum atomic E-state index is 2.33. The Morgan fingerprint density at radius 1 is 0.381 bits per heavy atom. The summed E-state index contributed by atoms with van der Waals surface area (Å²) < 4.78 is 0. The molecule has 21 heavy (non-hydrogen) atoms. The minimum absolute atomic E-state index is 1.05. The standard InChI is InChI=1S/C21H44/c1-4-7-10-12-13-14-17-20-21(18-15-9-6-3)19-16-11-8-5-2/h21H,4-20H2,1-3H3. The van der Waals surface area contributed by atoms with E-state index in [1.807, 2.05) is 0 Å². The molecule has 0 nitrogen and oxygen atoms in total. The van der Waals surface area contributed by atoms with E-state index in [1.165, 1.54) is 109 Å². The molecule has 0 aromatic heterocycles. The van der Waals surface area contributed by atoms with Crippen LogP contribution >= 0.6 is 0 Å². The zero-order chi connectivity index (χ0) is 15.6. The Morgan fingerprint density at radius 2 is 0.667 bits per heavy atom. The summed E-state index contributed by atoms with van der Waals surface area (Å²) in [6.45, 7) is 6.95. The predicted molar refractivity (Wildman–Crippen MR) is 99.0 cm³/mol. The predicted octanol–water partition coefficient (Wildman–Crippen LogP) is 8.29. The third-order valence-corrected chi connectivity index (χ3v) is 4.90. The fourth-order valence-electron chi connectivity index (χ4n) is 3.37. The van der Waals surface area contributed by atoms with Gasteiger partial charge in [0.1, 0.15) is 0 Å². The molecule has 0 aromatic carbocycles. The van der Waals surface area contributed by atoms with Crippen LogP contribution in [0.25, 0.3) is 0 Å². The molecule has 0 heterocycles. The van der Waals surface area contributed by atoms with Crippen LogP contribution in [0.2, 0.25) is 0 Å². The zero-order valence-electron chi connectivity index (χ0n) is 15.6. The van der Waals surface area contributed by atoms with Gasteiger partial charge in [0.05, 0.1) is 0 Å². The first-order chi connectivity index (χ1) is 10.3. The van der Waals surface area contributed by atoms with E-state index in [4.69, 9.17) is 0 Å².